The maximum Gasteiger partial charge on any atom is 0.407 e. The normalized spacial score (nSPS) is 9.59. The van der Waals surface area contributed by atoms with Crippen molar-refractivity contribution in [3.63, 3.8) is 0 Å². The summed E-state index contributed by atoms with van der Waals surface area (Å²) in [5.74, 6) is -0.293. The summed E-state index contributed by atoms with van der Waals surface area (Å²) in [7, 11) is 1.25. The standard InChI is InChI=1S/C12H16N2O3/c1-8-4-5-10(6-9(8)2)14-11(15)7-13-12(16)17-3/h4-6H,7H2,1-3H3,(H,13,16)(H,14,15). The number of nitrogens with one attached hydrogen (secondary N) is 2. The van der Waals surface area contributed by atoms with E-state index in [4.69, 9.17) is 0 Å². The summed E-state index contributed by atoms with van der Waals surface area (Å²) in [4.78, 5) is 22.2. The third-order valence-electron chi connectivity index (χ3n) is 2.37. The molecule has 2 amide bonds. The highest BCUT2D eigenvalue weighted by atomic mass is 16.5. The molecule has 92 valence electrons. The van der Waals surface area contributed by atoms with Crippen LogP contribution < -0.4 is 10.6 Å². The molecule has 5 heteroatoms. The number of aryl methyl sites for hydroxylation is 2. The molecular formula is C12H16N2O3. The second-order valence-electron chi connectivity index (χ2n) is 3.69. The van der Waals surface area contributed by atoms with Crippen molar-refractivity contribution in [2.45, 2.75) is 13.8 Å². The monoisotopic (exact) mass is 236 g/mol. The molecule has 2 N–H and O–H groups in total. The molecule has 0 spiro atoms. The molecule has 0 aliphatic heterocycles. The second kappa shape index (κ2) is 5.89. The van der Waals surface area contributed by atoms with Gasteiger partial charge in [0.05, 0.1) is 7.11 Å². The zero-order valence-electron chi connectivity index (χ0n) is 10.2. The molecule has 0 aliphatic rings. The number of benzene rings is 1. The number of ether oxygens (including phenoxy) is 1. The Labute approximate surface area is 100 Å². The van der Waals surface area contributed by atoms with Gasteiger partial charge >= 0.3 is 6.09 Å². The molecule has 0 heterocycles. The Bertz CT molecular complexity index is 430. The number of anilines is 1. The number of alkyl carbamates (subject to hydrolysis) is 1. The highest BCUT2D eigenvalue weighted by molar-refractivity contribution is 5.93. The van der Waals surface area contributed by atoms with Crippen LogP contribution in [0.4, 0.5) is 10.5 Å². The molecule has 1 aromatic carbocycles. The number of carbonyl (C=O) groups excluding carboxylic acids is 2. The SMILES string of the molecule is COC(=O)NCC(=O)Nc1ccc(C)c(C)c1. The van der Waals surface area contributed by atoms with E-state index in [-0.39, 0.29) is 12.5 Å². The van der Waals surface area contributed by atoms with Crippen molar-refractivity contribution < 1.29 is 14.3 Å². The van der Waals surface area contributed by atoms with Crippen molar-refractivity contribution in [3.8, 4) is 0 Å². The first-order valence-corrected chi connectivity index (χ1v) is 5.22. The smallest absolute Gasteiger partial charge is 0.407 e. The van der Waals surface area contributed by atoms with E-state index in [9.17, 15) is 9.59 Å². The molecule has 17 heavy (non-hydrogen) atoms. The van der Waals surface area contributed by atoms with Gasteiger partial charge in [-0.25, -0.2) is 4.79 Å². The van der Waals surface area contributed by atoms with Gasteiger partial charge in [0.15, 0.2) is 0 Å². The van der Waals surface area contributed by atoms with Crippen LogP contribution in [0.5, 0.6) is 0 Å². The average Bonchev–Trinajstić information content (AvgIpc) is 2.31. The minimum atomic E-state index is -0.625. The summed E-state index contributed by atoms with van der Waals surface area (Å²) in [6.07, 6.45) is -0.625. The predicted octanol–water partition coefficient (Wildman–Crippen LogP) is 1.60. The van der Waals surface area contributed by atoms with Crippen LogP contribution >= 0.6 is 0 Å². The van der Waals surface area contributed by atoms with Crippen LogP contribution in [0.2, 0.25) is 0 Å². The third kappa shape index (κ3) is 4.14. The van der Waals surface area contributed by atoms with E-state index in [1.807, 2.05) is 32.0 Å². The van der Waals surface area contributed by atoms with E-state index in [0.29, 0.717) is 5.69 Å². The molecule has 0 saturated heterocycles. The fourth-order valence-electron chi connectivity index (χ4n) is 1.25. The van der Waals surface area contributed by atoms with Crippen molar-refractivity contribution >= 4 is 17.7 Å². The van der Waals surface area contributed by atoms with Gasteiger partial charge in [0.2, 0.25) is 5.91 Å². The second-order valence-corrected chi connectivity index (χ2v) is 3.69. The maximum atomic E-state index is 11.4. The molecule has 0 bridgehead atoms. The van der Waals surface area contributed by atoms with E-state index in [1.54, 1.807) is 0 Å². The molecule has 0 atom stereocenters. The lowest BCUT2D eigenvalue weighted by atomic mass is 10.1. The summed E-state index contributed by atoms with van der Waals surface area (Å²) < 4.78 is 4.36. The van der Waals surface area contributed by atoms with Crippen LogP contribution in [0, 0.1) is 13.8 Å². The number of carbonyl (C=O) groups is 2. The first kappa shape index (κ1) is 13.0. The summed E-state index contributed by atoms with van der Waals surface area (Å²) in [5.41, 5.74) is 2.98. The van der Waals surface area contributed by atoms with Gasteiger partial charge in [-0.1, -0.05) is 6.07 Å². The van der Waals surface area contributed by atoms with E-state index < -0.39 is 6.09 Å². The van der Waals surface area contributed by atoms with Crippen molar-refractivity contribution in [1.29, 1.82) is 0 Å². The Balaban J connectivity index is 2.50. The Kier molecular flexibility index (Phi) is 4.51. The summed E-state index contributed by atoms with van der Waals surface area (Å²) >= 11 is 0. The average molecular weight is 236 g/mol. The van der Waals surface area contributed by atoms with Crippen molar-refractivity contribution in [1.82, 2.24) is 5.32 Å². The van der Waals surface area contributed by atoms with Crippen LogP contribution in [0.25, 0.3) is 0 Å². The Morgan fingerprint density at radius 2 is 1.94 bits per heavy atom. The van der Waals surface area contributed by atoms with Crippen molar-refractivity contribution in [2.75, 3.05) is 19.0 Å². The van der Waals surface area contributed by atoms with Gasteiger partial charge in [-0.05, 0) is 37.1 Å². The quantitative estimate of drug-likeness (QED) is 0.837. The fraction of sp³-hybridized carbons (Fsp3) is 0.333. The number of rotatable bonds is 3. The molecule has 0 aromatic heterocycles. The van der Waals surface area contributed by atoms with E-state index in [2.05, 4.69) is 15.4 Å². The van der Waals surface area contributed by atoms with Gasteiger partial charge in [0, 0.05) is 5.69 Å². The van der Waals surface area contributed by atoms with Gasteiger partial charge in [-0.2, -0.15) is 0 Å². The third-order valence-corrected chi connectivity index (χ3v) is 2.37. The highest BCUT2D eigenvalue weighted by Crippen LogP contribution is 2.13. The van der Waals surface area contributed by atoms with Crippen LogP contribution in [0.15, 0.2) is 18.2 Å². The highest BCUT2D eigenvalue weighted by Gasteiger charge is 2.05. The zero-order chi connectivity index (χ0) is 12.8. The zero-order valence-corrected chi connectivity index (χ0v) is 10.2. The lowest BCUT2D eigenvalue weighted by Crippen LogP contribution is -2.32. The maximum absolute atomic E-state index is 11.4. The lowest BCUT2D eigenvalue weighted by Gasteiger charge is -2.08. The Hall–Kier alpha value is -2.04. The van der Waals surface area contributed by atoms with Crippen LogP contribution in [-0.2, 0) is 9.53 Å². The summed E-state index contributed by atoms with van der Waals surface area (Å²) in [6, 6.07) is 5.63. The van der Waals surface area contributed by atoms with Gasteiger partial charge in [-0.3, -0.25) is 4.79 Å². The summed E-state index contributed by atoms with van der Waals surface area (Å²) in [6.45, 7) is 3.86. The molecule has 0 unspecified atom stereocenters. The largest absolute Gasteiger partial charge is 0.453 e. The van der Waals surface area contributed by atoms with Crippen LogP contribution in [0.3, 0.4) is 0 Å². The minimum Gasteiger partial charge on any atom is -0.453 e. The molecular weight excluding hydrogens is 220 g/mol. The number of methoxy groups -OCH3 is 1. The first-order valence-electron chi connectivity index (χ1n) is 5.22. The molecule has 5 nitrogen and oxygen atoms in total. The minimum absolute atomic E-state index is 0.112. The van der Waals surface area contributed by atoms with Crippen molar-refractivity contribution in [2.24, 2.45) is 0 Å². The number of amides is 2. The first-order chi connectivity index (χ1) is 8.02. The predicted molar refractivity (Wildman–Crippen MR) is 65.0 cm³/mol. The number of hydrogen-bond acceptors (Lipinski definition) is 3. The van der Waals surface area contributed by atoms with Gasteiger partial charge in [-0.15, -0.1) is 0 Å². The fourth-order valence-corrected chi connectivity index (χ4v) is 1.25. The van der Waals surface area contributed by atoms with Crippen LogP contribution in [0.1, 0.15) is 11.1 Å². The van der Waals surface area contributed by atoms with E-state index in [1.165, 1.54) is 7.11 Å². The van der Waals surface area contributed by atoms with Gasteiger partial charge in [0.25, 0.3) is 0 Å². The molecule has 0 fully saturated rings. The molecule has 1 rings (SSSR count). The van der Waals surface area contributed by atoms with Gasteiger partial charge < -0.3 is 15.4 Å². The van der Waals surface area contributed by atoms with E-state index in [0.717, 1.165) is 11.1 Å². The Morgan fingerprint density at radius 3 is 2.53 bits per heavy atom. The summed E-state index contributed by atoms with van der Waals surface area (Å²) in [5, 5.41) is 4.99. The number of hydrogen-bond donors (Lipinski definition) is 2. The van der Waals surface area contributed by atoms with E-state index >= 15 is 0 Å². The topological polar surface area (TPSA) is 67.4 Å². The molecule has 0 radical (unpaired) electrons. The molecule has 0 aliphatic carbocycles. The van der Waals surface area contributed by atoms with Crippen LogP contribution in [-0.4, -0.2) is 25.7 Å². The molecule has 0 saturated carbocycles. The van der Waals surface area contributed by atoms with Gasteiger partial charge in [0.1, 0.15) is 6.54 Å². The van der Waals surface area contributed by atoms with Crippen molar-refractivity contribution in [3.05, 3.63) is 29.3 Å². The molecule has 1 aromatic rings. The Morgan fingerprint density at radius 1 is 1.24 bits per heavy atom. The lowest BCUT2D eigenvalue weighted by molar-refractivity contribution is -0.115.